The second-order valence-corrected chi connectivity index (χ2v) is 5.73. The van der Waals surface area contributed by atoms with E-state index in [2.05, 4.69) is 0 Å². The summed E-state index contributed by atoms with van der Waals surface area (Å²) in [6, 6.07) is 9.05. The van der Waals surface area contributed by atoms with Crippen LogP contribution in [0.3, 0.4) is 0 Å². The van der Waals surface area contributed by atoms with Gasteiger partial charge in [-0.1, -0.05) is 52.5 Å². The molecule has 1 nitrogen and oxygen atoms in total. The normalized spacial score (nSPS) is 10.8. The van der Waals surface area contributed by atoms with Gasteiger partial charge in [0.25, 0.3) is 0 Å². The minimum absolute atomic E-state index is 0.426. The van der Waals surface area contributed by atoms with E-state index in [1.165, 1.54) is 0 Å². The second-order valence-electron chi connectivity index (χ2n) is 4.11. The highest BCUT2D eigenvalue weighted by atomic mass is 35.5. The molecule has 2 aromatic carbocycles. The van der Waals surface area contributed by atoms with Crippen LogP contribution in [0.5, 0.6) is 0 Å². The predicted octanol–water partition coefficient (Wildman–Crippen LogP) is 5.47. The van der Waals surface area contributed by atoms with Gasteiger partial charge in [0.15, 0.2) is 0 Å². The zero-order valence-corrected chi connectivity index (χ0v) is 12.9. The third-order valence-electron chi connectivity index (χ3n) is 2.72. The maximum absolute atomic E-state index is 6.23. The Bertz CT molecular complexity index is 611. The van der Waals surface area contributed by atoms with Crippen LogP contribution in [0.15, 0.2) is 30.3 Å². The van der Waals surface area contributed by atoms with Crippen molar-refractivity contribution in [1.29, 1.82) is 0 Å². The first-order valence-corrected chi connectivity index (χ1v) is 7.17. The Kier molecular flexibility index (Phi) is 4.99. The van der Waals surface area contributed by atoms with Crippen LogP contribution in [0.25, 0.3) is 11.1 Å². The van der Waals surface area contributed by atoms with E-state index < -0.39 is 0 Å². The molecule has 0 aromatic heterocycles. The standard InChI is InChI=1S/C14H11Cl4N/c15-10-6-8(3-4-19)5-9(7-10)13-11(16)1-2-12(17)14(13)18/h1-2,5-7H,3-4,19H2. The van der Waals surface area contributed by atoms with Crippen LogP contribution in [0, 0.1) is 0 Å². The van der Waals surface area contributed by atoms with Gasteiger partial charge in [-0.3, -0.25) is 0 Å². The first kappa shape index (κ1) is 15.0. The Morgan fingerprint density at radius 1 is 0.895 bits per heavy atom. The van der Waals surface area contributed by atoms with Crippen LogP contribution in [0.4, 0.5) is 0 Å². The molecule has 0 saturated carbocycles. The molecule has 0 atom stereocenters. The van der Waals surface area contributed by atoms with E-state index >= 15 is 0 Å². The molecule has 0 aliphatic rings. The average Bonchev–Trinajstić information content (AvgIpc) is 2.34. The molecule has 0 bridgehead atoms. The SMILES string of the molecule is NCCc1cc(Cl)cc(-c2c(Cl)ccc(Cl)c2Cl)c1. The van der Waals surface area contributed by atoms with Crippen molar-refractivity contribution in [3.63, 3.8) is 0 Å². The molecule has 2 aromatic rings. The van der Waals surface area contributed by atoms with E-state index in [0.717, 1.165) is 17.5 Å². The van der Waals surface area contributed by atoms with Crippen molar-refractivity contribution in [3.8, 4) is 11.1 Å². The lowest BCUT2D eigenvalue weighted by atomic mass is 10.0. The molecule has 0 spiro atoms. The zero-order chi connectivity index (χ0) is 14.0. The molecule has 0 radical (unpaired) electrons. The Morgan fingerprint density at radius 2 is 1.58 bits per heavy atom. The van der Waals surface area contributed by atoms with Gasteiger partial charge in [0, 0.05) is 15.6 Å². The van der Waals surface area contributed by atoms with Gasteiger partial charge in [-0.25, -0.2) is 0 Å². The van der Waals surface area contributed by atoms with Crippen LogP contribution in [-0.2, 0) is 6.42 Å². The maximum Gasteiger partial charge on any atom is 0.0685 e. The summed E-state index contributed by atoms with van der Waals surface area (Å²) in [6.45, 7) is 0.552. The van der Waals surface area contributed by atoms with Crippen molar-refractivity contribution >= 4 is 46.4 Å². The summed E-state index contributed by atoms with van der Waals surface area (Å²) in [5.74, 6) is 0. The Balaban J connectivity index is 2.62. The fourth-order valence-electron chi connectivity index (χ4n) is 1.90. The molecule has 0 fully saturated rings. The number of benzene rings is 2. The summed E-state index contributed by atoms with van der Waals surface area (Å²) in [4.78, 5) is 0. The lowest BCUT2D eigenvalue weighted by Crippen LogP contribution is -2.02. The maximum atomic E-state index is 6.23. The summed E-state index contributed by atoms with van der Waals surface area (Å²) in [7, 11) is 0. The molecule has 2 rings (SSSR count). The zero-order valence-electron chi connectivity index (χ0n) is 9.89. The van der Waals surface area contributed by atoms with Gasteiger partial charge in [-0.15, -0.1) is 0 Å². The molecule has 19 heavy (non-hydrogen) atoms. The second kappa shape index (κ2) is 6.34. The molecule has 0 unspecified atom stereocenters. The fourth-order valence-corrected chi connectivity index (χ4v) is 2.90. The largest absolute Gasteiger partial charge is 0.330 e. The molecule has 0 amide bonds. The summed E-state index contributed by atoms with van der Waals surface area (Å²) < 4.78 is 0. The summed E-state index contributed by atoms with van der Waals surface area (Å²) >= 11 is 24.6. The molecule has 5 heteroatoms. The number of nitrogens with two attached hydrogens (primary N) is 1. The van der Waals surface area contributed by atoms with Crippen molar-refractivity contribution in [2.45, 2.75) is 6.42 Å². The van der Waals surface area contributed by atoms with Crippen LogP contribution < -0.4 is 5.73 Å². The minimum Gasteiger partial charge on any atom is -0.330 e. The van der Waals surface area contributed by atoms with Gasteiger partial charge in [-0.05, 0) is 48.4 Å². The van der Waals surface area contributed by atoms with Gasteiger partial charge in [0.2, 0.25) is 0 Å². The smallest absolute Gasteiger partial charge is 0.0685 e. The van der Waals surface area contributed by atoms with Crippen LogP contribution in [0.2, 0.25) is 20.1 Å². The topological polar surface area (TPSA) is 26.0 Å². The fraction of sp³-hybridized carbons (Fsp3) is 0.143. The van der Waals surface area contributed by atoms with Crippen molar-refractivity contribution < 1.29 is 0 Å². The minimum atomic E-state index is 0.426. The highest BCUT2D eigenvalue weighted by Crippen LogP contribution is 2.40. The van der Waals surface area contributed by atoms with Gasteiger partial charge in [0.1, 0.15) is 0 Å². The third kappa shape index (κ3) is 3.36. The number of halogens is 4. The monoisotopic (exact) mass is 333 g/mol. The predicted molar refractivity (Wildman–Crippen MR) is 84.7 cm³/mol. The highest BCUT2D eigenvalue weighted by molar-refractivity contribution is 6.46. The van der Waals surface area contributed by atoms with E-state index in [1.54, 1.807) is 12.1 Å². The average molecular weight is 335 g/mol. The van der Waals surface area contributed by atoms with Crippen LogP contribution in [-0.4, -0.2) is 6.54 Å². The van der Waals surface area contributed by atoms with E-state index in [9.17, 15) is 0 Å². The lowest BCUT2D eigenvalue weighted by molar-refractivity contribution is 0.969. The molecule has 0 heterocycles. The number of hydrogen-bond acceptors (Lipinski definition) is 1. The summed E-state index contributed by atoms with van der Waals surface area (Å²) in [5, 5.41) is 2.04. The van der Waals surface area contributed by atoms with Crippen molar-refractivity contribution in [2.75, 3.05) is 6.54 Å². The lowest BCUT2D eigenvalue weighted by Gasteiger charge is -2.11. The summed E-state index contributed by atoms with van der Waals surface area (Å²) in [5.41, 5.74) is 8.14. The van der Waals surface area contributed by atoms with Gasteiger partial charge in [-0.2, -0.15) is 0 Å². The van der Waals surface area contributed by atoms with Gasteiger partial charge < -0.3 is 5.73 Å². The highest BCUT2D eigenvalue weighted by Gasteiger charge is 2.13. The van der Waals surface area contributed by atoms with Crippen LogP contribution >= 0.6 is 46.4 Å². The van der Waals surface area contributed by atoms with Gasteiger partial charge >= 0.3 is 0 Å². The van der Waals surface area contributed by atoms with Crippen molar-refractivity contribution in [3.05, 3.63) is 56.0 Å². The third-order valence-corrected chi connectivity index (χ3v) is 4.06. The molecule has 0 saturated heterocycles. The number of rotatable bonds is 3. The van der Waals surface area contributed by atoms with Crippen molar-refractivity contribution in [2.24, 2.45) is 5.73 Å². The Hall–Kier alpha value is -0.440. The van der Waals surface area contributed by atoms with E-state index in [0.29, 0.717) is 32.2 Å². The molecular formula is C14H11Cl4N. The van der Waals surface area contributed by atoms with E-state index in [4.69, 9.17) is 52.1 Å². The quantitative estimate of drug-likeness (QED) is 0.740. The Morgan fingerprint density at radius 3 is 2.26 bits per heavy atom. The Labute approximate surface area is 132 Å². The van der Waals surface area contributed by atoms with Gasteiger partial charge in [0.05, 0.1) is 10.0 Å². The number of hydrogen-bond donors (Lipinski definition) is 1. The van der Waals surface area contributed by atoms with E-state index in [-0.39, 0.29) is 0 Å². The van der Waals surface area contributed by atoms with Crippen LogP contribution in [0.1, 0.15) is 5.56 Å². The first-order valence-electron chi connectivity index (χ1n) is 5.66. The molecular weight excluding hydrogens is 324 g/mol. The summed E-state index contributed by atoms with van der Waals surface area (Å²) in [6.07, 6.45) is 0.739. The molecule has 0 aliphatic heterocycles. The first-order chi connectivity index (χ1) is 9.02. The van der Waals surface area contributed by atoms with Crippen molar-refractivity contribution in [1.82, 2.24) is 0 Å². The molecule has 0 aliphatic carbocycles. The molecule has 2 N–H and O–H groups in total. The molecule has 100 valence electrons. The van der Waals surface area contributed by atoms with E-state index in [1.807, 2.05) is 18.2 Å².